The third-order valence-electron chi connectivity index (χ3n) is 4.22. The lowest BCUT2D eigenvalue weighted by atomic mass is 10.0. The zero-order valence-corrected chi connectivity index (χ0v) is 14.9. The molecule has 0 aromatic heterocycles. The van der Waals surface area contributed by atoms with Gasteiger partial charge in [-0.1, -0.05) is 0 Å². The Morgan fingerprint density at radius 3 is 1.46 bits per heavy atom. The van der Waals surface area contributed by atoms with Crippen LogP contribution in [0.3, 0.4) is 0 Å². The summed E-state index contributed by atoms with van der Waals surface area (Å²) >= 11 is 0. The minimum atomic E-state index is -1.09. The molecule has 0 aliphatic heterocycles. The first-order valence-corrected chi connectivity index (χ1v) is 8.56. The molecule has 7 heteroatoms. The second kappa shape index (κ2) is 8.22. The highest BCUT2D eigenvalue weighted by Gasteiger charge is 2.14. The molecule has 144 valence electrons. The molecule has 0 bridgehead atoms. The Morgan fingerprint density at radius 2 is 1.11 bits per heavy atom. The Labute approximate surface area is 161 Å². The van der Waals surface area contributed by atoms with E-state index < -0.39 is 5.97 Å². The van der Waals surface area contributed by atoms with Crippen molar-refractivity contribution in [1.82, 2.24) is 0 Å². The van der Waals surface area contributed by atoms with E-state index in [1.54, 1.807) is 24.3 Å². The van der Waals surface area contributed by atoms with Gasteiger partial charge in [0.05, 0.1) is 5.56 Å². The third kappa shape index (κ3) is 4.64. The molecule has 0 heterocycles. The molecular formula is C21H20N2O5. The van der Waals surface area contributed by atoms with Gasteiger partial charge in [0, 0.05) is 35.6 Å². The van der Waals surface area contributed by atoms with Crippen LogP contribution in [-0.2, 0) is 13.1 Å². The molecule has 0 spiro atoms. The summed E-state index contributed by atoms with van der Waals surface area (Å²) in [6, 6.07) is 15.7. The molecule has 3 aromatic rings. The molecule has 0 unspecified atom stereocenters. The van der Waals surface area contributed by atoms with Crippen LogP contribution < -0.4 is 10.6 Å². The van der Waals surface area contributed by atoms with Crippen LogP contribution >= 0.6 is 0 Å². The number of carboxylic acid groups (broad SMARTS) is 1. The first-order valence-electron chi connectivity index (χ1n) is 8.56. The quantitative estimate of drug-likeness (QED) is 0.345. The zero-order chi connectivity index (χ0) is 20.1. The average Bonchev–Trinajstić information content (AvgIpc) is 2.68. The van der Waals surface area contributed by atoms with Crippen molar-refractivity contribution in [2.24, 2.45) is 0 Å². The summed E-state index contributed by atoms with van der Waals surface area (Å²) in [7, 11) is 0. The van der Waals surface area contributed by atoms with E-state index in [1.807, 2.05) is 0 Å². The number of anilines is 2. The van der Waals surface area contributed by atoms with Gasteiger partial charge >= 0.3 is 5.97 Å². The number of carboxylic acids is 1. The lowest BCUT2D eigenvalue weighted by molar-refractivity contribution is 0.0696. The van der Waals surface area contributed by atoms with E-state index in [0.717, 1.165) is 11.4 Å². The van der Waals surface area contributed by atoms with Crippen molar-refractivity contribution >= 4 is 17.3 Å². The fourth-order valence-corrected chi connectivity index (χ4v) is 2.71. The second-order valence-electron chi connectivity index (χ2n) is 6.25. The van der Waals surface area contributed by atoms with Gasteiger partial charge in [-0.25, -0.2) is 4.79 Å². The fourth-order valence-electron chi connectivity index (χ4n) is 2.71. The van der Waals surface area contributed by atoms with Gasteiger partial charge in [0.15, 0.2) is 0 Å². The molecule has 0 saturated heterocycles. The summed E-state index contributed by atoms with van der Waals surface area (Å²) in [5.41, 5.74) is 2.40. The largest absolute Gasteiger partial charge is 0.508 e. The molecule has 0 aliphatic carbocycles. The molecule has 3 aromatic carbocycles. The molecule has 0 atom stereocenters. The number of rotatable bonds is 7. The molecule has 6 N–H and O–H groups in total. The molecule has 0 radical (unpaired) electrons. The second-order valence-corrected chi connectivity index (χ2v) is 6.25. The van der Waals surface area contributed by atoms with Crippen molar-refractivity contribution in [2.75, 3.05) is 10.6 Å². The standard InChI is InChI=1S/C21H20N2O5/c24-18-5-1-16(2-6-18)22-11-14-9-13(21(27)28)10-15(20(14)26)12-23-17-3-7-19(25)8-4-17/h1-10,22-26H,11-12H2,(H,27,28). The van der Waals surface area contributed by atoms with Gasteiger partial charge in [-0.15, -0.1) is 0 Å². The molecule has 0 saturated carbocycles. The molecule has 0 fully saturated rings. The van der Waals surface area contributed by atoms with Crippen LogP contribution in [0.4, 0.5) is 11.4 Å². The maximum absolute atomic E-state index is 11.5. The van der Waals surface area contributed by atoms with Gasteiger partial charge in [-0.3, -0.25) is 0 Å². The molecule has 3 rings (SSSR count). The number of aromatic carboxylic acids is 1. The van der Waals surface area contributed by atoms with Gasteiger partial charge < -0.3 is 31.1 Å². The van der Waals surface area contributed by atoms with E-state index in [-0.39, 0.29) is 35.9 Å². The maximum atomic E-state index is 11.5. The third-order valence-corrected chi connectivity index (χ3v) is 4.22. The zero-order valence-electron chi connectivity index (χ0n) is 14.9. The highest BCUT2D eigenvalue weighted by atomic mass is 16.4. The first kappa shape index (κ1) is 18.9. The summed E-state index contributed by atoms with van der Waals surface area (Å²) in [6.07, 6.45) is 0. The highest BCUT2D eigenvalue weighted by molar-refractivity contribution is 5.88. The number of hydrogen-bond donors (Lipinski definition) is 6. The number of phenols is 3. The van der Waals surface area contributed by atoms with Gasteiger partial charge in [0.25, 0.3) is 0 Å². The lowest BCUT2D eigenvalue weighted by Gasteiger charge is -2.14. The Balaban J connectivity index is 1.79. The van der Waals surface area contributed by atoms with E-state index in [2.05, 4.69) is 10.6 Å². The Bertz CT molecular complexity index is 899. The number of phenolic OH excluding ortho intramolecular Hbond substituents is 3. The van der Waals surface area contributed by atoms with Crippen LogP contribution in [0.5, 0.6) is 17.2 Å². The van der Waals surface area contributed by atoms with Gasteiger partial charge in [0.1, 0.15) is 17.2 Å². The smallest absolute Gasteiger partial charge is 0.335 e. The number of nitrogens with one attached hydrogen (secondary N) is 2. The van der Waals surface area contributed by atoms with Gasteiger partial charge in [-0.2, -0.15) is 0 Å². The predicted octanol–water partition coefficient (Wildman–Crippen LogP) is 3.73. The van der Waals surface area contributed by atoms with E-state index in [9.17, 15) is 25.2 Å². The van der Waals surface area contributed by atoms with E-state index in [1.165, 1.54) is 36.4 Å². The molecule has 7 nitrogen and oxygen atoms in total. The van der Waals surface area contributed by atoms with Crippen LogP contribution in [0.15, 0.2) is 60.7 Å². The van der Waals surface area contributed by atoms with Crippen molar-refractivity contribution in [2.45, 2.75) is 13.1 Å². The Hall–Kier alpha value is -3.87. The van der Waals surface area contributed by atoms with Gasteiger partial charge in [0.2, 0.25) is 0 Å². The molecule has 0 aliphatic rings. The molecule has 28 heavy (non-hydrogen) atoms. The van der Waals surface area contributed by atoms with Crippen molar-refractivity contribution in [3.63, 3.8) is 0 Å². The van der Waals surface area contributed by atoms with Crippen LogP contribution in [0.25, 0.3) is 0 Å². The summed E-state index contributed by atoms with van der Waals surface area (Å²) in [4.78, 5) is 11.5. The highest BCUT2D eigenvalue weighted by Crippen LogP contribution is 2.27. The Morgan fingerprint density at radius 1 is 0.714 bits per heavy atom. The van der Waals surface area contributed by atoms with Crippen LogP contribution in [0.1, 0.15) is 21.5 Å². The van der Waals surface area contributed by atoms with E-state index >= 15 is 0 Å². The first-order chi connectivity index (χ1) is 13.4. The number of carbonyl (C=O) groups is 1. The van der Waals surface area contributed by atoms with Gasteiger partial charge in [-0.05, 0) is 60.7 Å². The minimum absolute atomic E-state index is 0.00237. The van der Waals surface area contributed by atoms with Crippen molar-refractivity contribution in [3.05, 3.63) is 77.4 Å². The maximum Gasteiger partial charge on any atom is 0.335 e. The fraction of sp³-hybridized carbons (Fsp3) is 0.0952. The van der Waals surface area contributed by atoms with Crippen LogP contribution in [-0.4, -0.2) is 26.4 Å². The topological polar surface area (TPSA) is 122 Å². The monoisotopic (exact) mass is 380 g/mol. The number of hydrogen-bond acceptors (Lipinski definition) is 6. The lowest BCUT2D eigenvalue weighted by Crippen LogP contribution is -2.07. The SMILES string of the molecule is O=C(O)c1cc(CNc2ccc(O)cc2)c(O)c(CNc2ccc(O)cc2)c1. The van der Waals surface area contributed by atoms with E-state index in [4.69, 9.17) is 0 Å². The van der Waals surface area contributed by atoms with Crippen molar-refractivity contribution < 1.29 is 25.2 Å². The molecular weight excluding hydrogens is 360 g/mol. The van der Waals surface area contributed by atoms with Crippen molar-refractivity contribution in [3.8, 4) is 17.2 Å². The van der Waals surface area contributed by atoms with Crippen LogP contribution in [0, 0.1) is 0 Å². The summed E-state index contributed by atoms with van der Waals surface area (Å²) < 4.78 is 0. The van der Waals surface area contributed by atoms with Crippen LogP contribution in [0.2, 0.25) is 0 Å². The normalized spacial score (nSPS) is 10.4. The van der Waals surface area contributed by atoms with E-state index in [0.29, 0.717) is 11.1 Å². The number of benzene rings is 3. The van der Waals surface area contributed by atoms with Crippen molar-refractivity contribution in [1.29, 1.82) is 0 Å². The molecule has 0 amide bonds. The minimum Gasteiger partial charge on any atom is -0.508 e. The summed E-state index contributed by atoms with van der Waals surface area (Å²) in [5, 5.41) is 44.8. The summed E-state index contributed by atoms with van der Waals surface area (Å²) in [6.45, 7) is 0.424. The predicted molar refractivity (Wildman–Crippen MR) is 106 cm³/mol. The average molecular weight is 380 g/mol. The number of aromatic hydroxyl groups is 3. The Kier molecular flexibility index (Phi) is 5.55. The summed E-state index contributed by atoms with van der Waals surface area (Å²) in [5.74, 6) is -0.799.